The molecule has 0 aromatic carbocycles. The van der Waals surface area contributed by atoms with Crippen LogP contribution < -0.4 is 0 Å². The summed E-state index contributed by atoms with van der Waals surface area (Å²) in [6.45, 7) is 16.1. The zero-order chi connectivity index (χ0) is 10.3. The van der Waals surface area contributed by atoms with Gasteiger partial charge in [-0.1, -0.05) is 17.7 Å². The third kappa shape index (κ3) is 7.38. The smallest absolute Gasteiger partial charge is 0.0907 e. The van der Waals surface area contributed by atoms with Gasteiger partial charge in [0.1, 0.15) is 0 Å². The average molecular weight is 180 g/mol. The Bertz CT molecular complexity index is 175. The van der Waals surface area contributed by atoms with Gasteiger partial charge in [-0.15, -0.1) is 13.2 Å². The fourth-order valence-corrected chi connectivity index (χ4v) is 1.38. The van der Waals surface area contributed by atoms with Crippen molar-refractivity contribution in [2.45, 2.75) is 26.7 Å². The fraction of sp³-hybridized carbons (Fsp3) is 0.500. The highest BCUT2D eigenvalue weighted by atomic mass is 16.5. The van der Waals surface area contributed by atoms with Gasteiger partial charge < -0.3 is 4.74 Å². The summed E-state index contributed by atoms with van der Waals surface area (Å²) in [6.07, 6.45) is 3.49. The highest BCUT2D eigenvalue weighted by molar-refractivity contribution is 4.96. The first-order valence-electron chi connectivity index (χ1n) is 4.57. The van der Waals surface area contributed by atoms with Crippen molar-refractivity contribution in [2.75, 3.05) is 6.61 Å². The van der Waals surface area contributed by atoms with Crippen molar-refractivity contribution in [3.63, 3.8) is 0 Å². The molecule has 0 aromatic heterocycles. The standard InChI is InChI=1S/C12H20O/c1-6-13-9-12(7-10(2)3)8-11(4)5/h6,12H,1-2,4,7-9H2,3,5H3. The lowest BCUT2D eigenvalue weighted by atomic mass is 9.95. The molecular weight excluding hydrogens is 160 g/mol. The minimum absolute atomic E-state index is 0.494. The van der Waals surface area contributed by atoms with Crippen LogP contribution in [-0.2, 0) is 4.74 Å². The Morgan fingerprint density at radius 3 is 2.00 bits per heavy atom. The first kappa shape index (κ1) is 12.0. The van der Waals surface area contributed by atoms with Gasteiger partial charge >= 0.3 is 0 Å². The second kappa shape index (κ2) is 6.53. The number of hydrogen-bond donors (Lipinski definition) is 0. The van der Waals surface area contributed by atoms with Crippen molar-refractivity contribution in [1.29, 1.82) is 0 Å². The summed E-state index contributed by atoms with van der Waals surface area (Å²) < 4.78 is 5.18. The maximum Gasteiger partial charge on any atom is 0.0907 e. The molecule has 0 heterocycles. The van der Waals surface area contributed by atoms with Crippen LogP contribution in [0.15, 0.2) is 37.1 Å². The summed E-state index contributed by atoms with van der Waals surface area (Å²) in [4.78, 5) is 0. The van der Waals surface area contributed by atoms with Gasteiger partial charge in [0.15, 0.2) is 0 Å². The van der Waals surface area contributed by atoms with Crippen LogP contribution in [0.25, 0.3) is 0 Å². The van der Waals surface area contributed by atoms with Gasteiger partial charge in [-0.2, -0.15) is 0 Å². The van der Waals surface area contributed by atoms with E-state index in [0.717, 1.165) is 12.8 Å². The second-order valence-corrected chi connectivity index (χ2v) is 3.69. The minimum Gasteiger partial charge on any atom is -0.502 e. The lowest BCUT2D eigenvalue weighted by molar-refractivity contribution is 0.194. The summed E-state index contributed by atoms with van der Waals surface area (Å²) in [7, 11) is 0. The van der Waals surface area contributed by atoms with Crippen LogP contribution in [0.2, 0.25) is 0 Å². The Labute approximate surface area is 81.8 Å². The first-order valence-corrected chi connectivity index (χ1v) is 4.57. The van der Waals surface area contributed by atoms with Crippen molar-refractivity contribution >= 4 is 0 Å². The number of allylic oxidation sites excluding steroid dienone is 2. The van der Waals surface area contributed by atoms with Crippen LogP contribution in [0, 0.1) is 5.92 Å². The Morgan fingerprint density at radius 2 is 1.69 bits per heavy atom. The van der Waals surface area contributed by atoms with Crippen molar-refractivity contribution in [1.82, 2.24) is 0 Å². The molecular formula is C12H20O. The fourth-order valence-electron chi connectivity index (χ4n) is 1.38. The summed E-state index contributed by atoms with van der Waals surface area (Å²) in [5, 5.41) is 0. The number of hydrogen-bond acceptors (Lipinski definition) is 1. The highest BCUT2D eigenvalue weighted by Gasteiger charge is 2.09. The largest absolute Gasteiger partial charge is 0.502 e. The predicted octanol–water partition coefficient (Wildman–Crippen LogP) is 3.70. The molecule has 0 aliphatic heterocycles. The van der Waals surface area contributed by atoms with Crippen LogP contribution in [0.3, 0.4) is 0 Å². The normalized spacial score (nSPS) is 9.77. The van der Waals surface area contributed by atoms with Crippen LogP contribution in [0.5, 0.6) is 0 Å². The molecule has 0 N–H and O–H groups in total. The van der Waals surface area contributed by atoms with Gasteiger partial charge in [0.2, 0.25) is 0 Å². The first-order chi connectivity index (χ1) is 6.06. The Kier molecular flexibility index (Phi) is 6.03. The molecule has 0 atom stereocenters. The number of rotatable bonds is 7. The summed E-state index contributed by atoms with van der Waals surface area (Å²) in [6, 6.07) is 0. The van der Waals surface area contributed by atoms with E-state index in [4.69, 9.17) is 4.74 Å². The van der Waals surface area contributed by atoms with E-state index < -0.39 is 0 Å². The maximum absolute atomic E-state index is 5.18. The van der Waals surface area contributed by atoms with Gasteiger partial charge in [-0.05, 0) is 26.7 Å². The van der Waals surface area contributed by atoms with E-state index in [0.29, 0.717) is 12.5 Å². The summed E-state index contributed by atoms with van der Waals surface area (Å²) in [5.74, 6) is 0.494. The number of ether oxygens (including phenoxy) is 1. The third-order valence-corrected chi connectivity index (χ3v) is 1.72. The quantitative estimate of drug-likeness (QED) is 0.429. The molecule has 0 rings (SSSR count). The molecule has 74 valence electrons. The van der Waals surface area contributed by atoms with E-state index >= 15 is 0 Å². The van der Waals surface area contributed by atoms with Gasteiger partial charge in [-0.3, -0.25) is 0 Å². The molecule has 0 unspecified atom stereocenters. The van der Waals surface area contributed by atoms with Gasteiger partial charge in [0.25, 0.3) is 0 Å². The van der Waals surface area contributed by atoms with Crippen molar-refractivity contribution < 1.29 is 4.74 Å². The predicted molar refractivity (Wildman–Crippen MR) is 58.5 cm³/mol. The molecule has 0 aliphatic carbocycles. The maximum atomic E-state index is 5.18. The lowest BCUT2D eigenvalue weighted by Crippen LogP contribution is -2.08. The van der Waals surface area contributed by atoms with E-state index in [-0.39, 0.29) is 0 Å². The van der Waals surface area contributed by atoms with E-state index in [2.05, 4.69) is 19.7 Å². The Morgan fingerprint density at radius 1 is 1.23 bits per heavy atom. The molecule has 0 saturated carbocycles. The van der Waals surface area contributed by atoms with Gasteiger partial charge in [0, 0.05) is 5.92 Å². The van der Waals surface area contributed by atoms with Crippen LogP contribution in [-0.4, -0.2) is 6.61 Å². The molecule has 0 aromatic rings. The van der Waals surface area contributed by atoms with Crippen molar-refractivity contribution in [3.05, 3.63) is 37.1 Å². The van der Waals surface area contributed by atoms with E-state index in [1.54, 1.807) is 0 Å². The molecule has 1 nitrogen and oxygen atoms in total. The Hall–Kier alpha value is -0.980. The van der Waals surface area contributed by atoms with E-state index in [9.17, 15) is 0 Å². The third-order valence-electron chi connectivity index (χ3n) is 1.72. The summed E-state index contributed by atoms with van der Waals surface area (Å²) in [5.41, 5.74) is 2.39. The lowest BCUT2D eigenvalue weighted by Gasteiger charge is -2.16. The molecule has 0 saturated heterocycles. The van der Waals surface area contributed by atoms with Crippen molar-refractivity contribution in [3.8, 4) is 0 Å². The SMILES string of the molecule is C=COCC(CC(=C)C)CC(=C)C. The molecule has 0 amide bonds. The highest BCUT2D eigenvalue weighted by Crippen LogP contribution is 2.18. The summed E-state index contributed by atoms with van der Waals surface area (Å²) >= 11 is 0. The molecule has 1 heteroatoms. The van der Waals surface area contributed by atoms with Crippen LogP contribution in [0.4, 0.5) is 0 Å². The van der Waals surface area contributed by atoms with E-state index in [1.165, 1.54) is 17.4 Å². The monoisotopic (exact) mass is 180 g/mol. The van der Waals surface area contributed by atoms with Gasteiger partial charge in [0.05, 0.1) is 12.9 Å². The zero-order valence-corrected chi connectivity index (χ0v) is 8.81. The molecule has 13 heavy (non-hydrogen) atoms. The average Bonchev–Trinajstić information content (AvgIpc) is 1.98. The second-order valence-electron chi connectivity index (χ2n) is 3.69. The Balaban J connectivity index is 3.93. The van der Waals surface area contributed by atoms with Crippen LogP contribution in [0.1, 0.15) is 26.7 Å². The van der Waals surface area contributed by atoms with Gasteiger partial charge in [-0.25, -0.2) is 0 Å². The molecule has 0 spiro atoms. The van der Waals surface area contributed by atoms with Crippen LogP contribution >= 0.6 is 0 Å². The molecule has 0 radical (unpaired) electrons. The van der Waals surface area contributed by atoms with Crippen molar-refractivity contribution in [2.24, 2.45) is 5.92 Å². The minimum atomic E-state index is 0.494. The molecule has 0 bridgehead atoms. The molecule has 0 aliphatic rings. The zero-order valence-electron chi connectivity index (χ0n) is 8.81. The topological polar surface area (TPSA) is 9.23 Å². The molecule has 0 fully saturated rings. The van der Waals surface area contributed by atoms with E-state index in [1.807, 2.05) is 13.8 Å².